The first-order valence-corrected chi connectivity index (χ1v) is 10.4. The fourth-order valence-electron chi connectivity index (χ4n) is 3.51. The fourth-order valence-corrected chi connectivity index (χ4v) is 3.68. The highest BCUT2D eigenvalue weighted by Gasteiger charge is 2.40. The Morgan fingerprint density at radius 1 is 1.00 bits per heavy atom. The first kappa shape index (κ1) is 21.6. The normalized spacial score (nSPS) is 13.7. The summed E-state index contributed by atoms with van der Waals surface area (Å²) in [6.07, 6.45) is 0. The second-order valence-electron chi connectivity index (χ2n) is 7.22. The van der Waals surface area contributed by atoms with Gasteiger partial charge in [-0.25, -0.2) is 9.29 Å². The van der Waals surface area contributed by atoms with Crippen LogP contribution in [-0.4, -0.2) is 18.4 Å². The van der Waals surface area contributed by atoms with Crippen LogP contribution in [0.15, 0.2) is 72.4 Å². The van der Waals surface area contributed by atoms with Crippen molar-refractivity contribution in [2.75, 3.05) is 16.8 Å². The zero-order valence-corrected chi connectivity index (χ0v) is 18.2. The number of hydrogen-bond acceptors (Lipinski definition) is 4. The van der Waals surface area contributed by atoms with E-state index in [1.807, 2.05) is 19.9 Å². The topological polar surface area (TPSA) is 58.6 Å². The van der Waals surface area contributed by atoms with Crippen LogP contribution in [0.3, 0.4) is 0 Å². The van der Waals surface area contributed by atoms with Crippen LogP contribution in [0.1, 0.15) is 18.1 Å². The molecule has 1 N–H and O–H groups in total. The van der Waals surface area contributed by atoms with E-state index in [1.165, 1.54) is 24.3 Å². The van der Waals surface area contributed by atoms with E-state index in [4.69, 9.17) is 16.3 Å². The number of ether oxygens (including phenoxy) is 1. The number of rotatable bonds is 6. The van der Waals surface area contributed by atoms with Crippen molar-refractivity contribution in [3.8, 4) is 5.75 Å². The summed E-state index contributed by atoms with van der Waals surface area (Å²) < 4.78 is 19.0. The summed E-state index contributed by atoms with van der Waals surface area (Å²) in [5, 5.41) is 3.58. The van der Waals surface area contributed by atoms with Crippen LogP contribution in [0.5, 0.6) is 5.75 Å². The molecule has 0 saturated carbocycles. The van der Waals surface area contributed by atoms with Crippen molar-refractivity contribution in [1.29, 1.82) is 0 Å². The molecule has 3 aromatic rings. The lowest BCUT2D eigenvalue weighted by Crippen LogP contribution is -2.32. The summed E-state index contributed by atoms with van der Waals surface area (Å²) in [5.41, 5.74) is 2.49. The highest BCUT2D eigenvalue weighted by molar-refractivity contribution is 6.46. The first-order valence-electron chi connectivity index (χ1n) is 10.0. The molecule has 1 heterocycles. The number of benzene rings is 3. The molecule has 0 unspecified atom stereocenters. The Balaban J connectivity index is 1.82. The average molecular weight is 451 g/mol. The number of nitrogens with zero attached hydrogens (tertiary/aromatic N) is 1. The first-order chi connectivity index (χ1) is 15.4. The number of hydrogen-bond donors (Lipinski definition) is 1. The summed E-state index contributed by atoms with van der Waals surface area (Å²) in [6, 6.07) is 17.4. The molecule has 0 aromatic heterocycles. The van der Waals surface area contributed by atoms with Gasteiger partial charge in [0.1, 0.15) is 17.3 Å². The van der Waals surface area contributed by atoms with Crippen LogP contribution in [0.25, 0.3) is 5.57 Å². The molecule has 1 aliphatic rings. The molecule has 5 nitrogen and oxygen atoms in total. The van der Waals surface area contributed by atoms with Crippen LogP contribution < -0.4 is 15.0 Å². The number of aryl methyl sites for hydroxylation is 1. The molecule has 1 aliphatic heterocycles. The standard InChI is InChI=1S/C25H20ClFN2O3/c1-3-32-20-6-4-5-19(14-20)29-24(30)22(16-8-11-18(27)12-9-16)23(25(29)31)28-21-13-17(26)10-7-15(21)2/h4-14,28H,3H2,1-2H3. The molecule has 162 valence electrons. The van der Waals surface area contributed by atoms with Crippen molar-refractivity contribution in [2.24, 2.45) is 0 Å². The van der Waals surface area contributed by atoms with Gasteiger partial charge in [-0.05, 0) is 61.4 Å². The number of halogens is 2. The van der Waals surface area contributed by atoms with Crippen LogP contribution in [0.2, 0.25) is 5.02 Å². The van der Waals surface area contributed by atoms with E-state index < -0.39 is 17.6 Å². The largest absolute Gasteiger partial charge is 0.494 e. The predicted molar refractivity (Wildman–Crippen MR) is 123 cm³/mol. The minimum atomic E-state index is -0.526. The van der Waals surface area contributed by atoms with Crippen LogP contribution in [-0.2, 0) is 9.59 Å². The minimum Gasteiger partial charge on any atom is -0.494 e. The van der Waals surface area contributed by atoms with Gasteiger partial charge in [-0.1, -0.05) is 35.9 Å². The molecule has 0 aliphatic carbocycles. The number of nitrogens with one attached hydrogen (secondary N) is 1. The van der Waals surface area contributed by atoms with Crippen LogP contribution in [0.4, 0.5) is 15.8 Å². The molecule has 0 radical (unpaired) electrons. The van der Waals surface area contributed by atoms with E-state index in [0.717, 1.165) is 10.5 Å². The molecule has 0 atom stereocenters. The summed E-state index contributed by atoms with van der Waals surface area (Å²) >= 11 is 6.14. The third-order valence-corrected chi connectivity index (χ3v) is 5.30. The quantitative estimate of drug-likeness (QED) is 0.498. The maximum Gasteiger partial charge on any atom is 0.282 e. The van der Waals surface area contributed by atoms with Gasteiger partial charge in [0.2, 0.25) is 0 Å². The maximum absolute atomic E-state index is 13.5. The van der Waals surface area contributed by atoms with Gasteiger partial charge in [-0.2, -0.15) is 0 Å². The van der Waals surface area contributed by atoms with Crippen molar-refractivity contribution >= 4 is 40.4 Å². The second-order valence-corrected chi connectivity index (χ2v) is 7.65. The average Bonchev–Trinajstić information content (AvgIpc) is 3.01. The van der Waals surface area contributed by atoms with E-state index in [9.17, 15) is 14.0 Å². The van der Waals surface area contributed by atoms with Gasteiger partial charge in [0.15, 0.2) is 0 Å². The molecule has 0 fully saturated rings. The van der Waals surface area contributed by atoms with Crippen LogP contribution in [0, 0.1) is 12.7 Å². The lowest BCUT2D eigenvalue weighted by atomic mass is 10.0. The Bertz CT molecular complexity index is 1240. The zero-order valence-electron chi connectivity index (χ0n) is 17.5. The van der Waals surface area contributed by atoms with Gasteiger partial charge in [-0.3, -0.25) is 9.59 Å². The zero-order chi connectivity index (χ0) is 22.8. The monoisotopic (exact) mass is 450 g/mol. The molecular formula is C25H20ClFN2O3. The molecule has 0 bridgehead atoms. The van der Waals surface area contributed by atoms with Gasteiger partial charge >= 0.3 is 0 Å². The van der Waals surface area contributed by atoms with Crippen molar-refractivity contribution in [3.05, 3.63) is 94.4 Å². The Hall–Kier alpha value is -3.64. The van der Waals surface area contributed by atoms with Gasteiger partial charge in [-0.15, -0.1) is 0 Å². The van der Waals surface area contributed by atoms with E-state index in [-0.39, 0.29) is 11.3 Å². The molecule has 0 saturated heterocycles. The maximum atomic E-state index is 13.5. The highest BCUT2D eigenvalue weighted by atomic mass is 35.5. The molecule has 0 spiro atoms. The van der Waals surface area contributed by atoms with E-state index in [2.05, 4.69) is 5.32 Å². The summed E-state index contributed by atoms with van der Waals surface area (Å²) in [4.78, 5) is 28.0. The third kappa shape index (κ3) is 4.09. The Kier molecular flexibility index (Phi) is 5.97. The molecule has 4 rings (SSSR count). The van der Waals surface area contributed by atoms with Crippen molar-refractivity contribution in [3.63, 3.8) is 0 Å². The summed E-state index contributed by atoms with van der Waals surface area (Å²) in [6.45, 7) is 4.16. The SMILES string of the molecule is CCOc1cccc(N2C(=O)C(Nc3cc(Cl)ccc3C)=C(c3ccc(F)cc3)C2=O)c1. The van der Waals surface area contributed by atoms with E-state index >= 15 is 0 Å². The van der Waals surface area contributed by atoms with Gasteiger partial charge in [0, 0.05) is 16.8 Å². The highest BCUT2D eigenvalue weighted by Crippen LogP contribution is 2.35. The van der Waals surface area contributed by atoms with Gasteiger partial charge < -0.3 is 10.1 Å². The van der Waals surface area contributed by atoms with E-state index in [1.54, 1.807) is 36.4 Å². The van der Waals surface area contributed by atoms with Crippen molar-refractivity contribution in [1.82, 2.24) is 0 Å². The smallest absolute Gasteiger partial charge is 0.282 e. The summed E-state index contributed by atoms with van der Waals surface area (Å²) in [7, 11) is 0. The van der Waals surface area contributed by atoms with Gasteiger partial charge in [0.25, 0.3) is 11.8 Å². The van der Waals surface area contributed by atoms with Crippen LogP contribution >= 0.6 is 11.6 Å². The lowest BCUT2D eigenvalue weighted by Gasteiger charge is -2.17. The minimum absolute atomic E-state index is 0.0915. The lowest BCUT2D eigenvalue weighted by molar-refractivity contribution is -0.120. The fraction of sp³-hybridized carbons (Fsp3) is 0.120. The number of carbonyl (C=O) groups excluding carboxylic acids is 2. The Morgan fingerprint density at radius 3 is 2.47 bits per heavy atom. The van der Waals surface area contributed by atoms with Crippen molar-refractivity contribution in [2.45, 2.75) is 13.8 Å². The molecule has 3 aromatic carbocycles. The van der Waals surface area contributed by atoms with Gasteiger partial charge in [0.05, 0.1) is 17.9 Å². The number of carbonyl (C=O) groups is 2. The Morgan fingerprint density at radius 2 is 1.75 bits per heavy atom. The molecular weight excluding hydrogens is 431 g/mol. The number of amides is 2. The van der Waals surface area contributed by atoms with E-state index in [0.29, 0.717) is 34.3 Å². The third-order valence-electron chi connectivity index (χ3n) is 5.06. The molecule has 2 amide bonds. The Labute approximate surface area is 190 Å². The second kappa shape index (κ2) is 8.85. The van der Waals surface area contributed by atoms with Crippen molar-refractivity contribution < 1.29 is 18.7 Å². The molecule has 32 heavy (non-hydrogen) atoms. The summed E-state index contributed by atoms with van der Waals surface area (Å²) in [5.74, 6) is -0.937. The predicted octanol–water partition coefficient (Wildman–Crippen LogP) is 5.58. The number of imide groups is 1. The molecule has 7 heteroatoms. The number of anilines is 2.